The van der Waals surface area contributed by atoms with Crippen LogP contribution in [0.5, 0.6) is 0 Å². The zero-order valence-electron chi connectivity index (χ0n) is 10.8. The maximum Gasteiger partial charge on any atom is 0.335 e. The van der Waals surface area contributed by atoms with Gasteiger partial charge in [-0.3, -0.25) is 0 Å². The number of rotatable bonds is 4. The Morgan fingerprint density at radius 3 is 2.44 bits per heavy atom. The summed E-state index contributed by atoms with van der Waals surface area (Å²) in [7, 11) is 0. The zero-order valence-corrected chi connectivity index (χ0v) is 10.8. The van der Waals surface area contributed by atoms with Crippen molar-refractivity contribution in [1.29, 1.82) is 0 Å². The highest BCUT2D eigenvalue weighted by Crippen LogP contribution is 2.40. The molecule has 1 N–H and O–H groups in total. The fourth-order valence-corrected chi connectivity index (χ4v) is 2.84. The highest BCUT2D eigenvalue weighted by molar-refractivity contribution is 5.77. The molecule has 0 unspecified atom stereocenters. The molecule has 2 rings (SSSR count). The monoisotopic (exact) mass is 248 g/mol. The first kappa shape index (κ1) is 13.1. The highest BCUT2D eigenvalue weighted by atomic mass is 16.5. The molecular weight excluding hydrogens is 228 g/mol. The molecule has 0 aromatic heterocycles. The number of hydrogen-bond donors (Lipinski definition) is 1. The molecule has 3 nitrogen and oxygen atoms in total. The SMILES string of the molecule is CCOC1(C(=O)O)CCC(c2ccccc2)CC1. The lowest BCUT2D eigenvalue weighted by atomic mass is 9.76. The van der Waals surface area contributed by atoms with E-state index in [0.717, 1.165) is 12.8 Å². The Hall–Kier alpha value is -1.35. The zero-order chi connectivity index (χ0) is 13.0. The molecule has 3 heteroatoms. The van der Waals surface area contributed by atoms with Crippen LogP contribution in [-0.4, -0.2) is 23.3 Å². The molecule has 1 fully saturated rings. The number of carboxylic acid groups (broad SMARTS) is 1. The van der Waals surface area contributed by atoms with Crippen molar-refractivity contribution in [2.75, 3.05) is 6.61 Å². The normalized spacial score (nSPS) is 27.9. The minimum Gasteiger partial charge on any atom is -0.479 e. The first-order valence-electron chi connectivity index (χ1n) is 6.60. The minimum absolute atomic E-state index is 0.461. The fraction of sp³-hybridized carbons (Fsp3) is 0.533. The topological polar surface area (TPSA) is 46.5 Å². The molecule has 1 aromatic carbocycles. The maximum absolute atomic E-state index is 11.4. The Morgan fingerprint density at radius 1 is 1.33 bits per heavy atom. The van der Waals surface area contributed by atoms with Crippen molar-refractivity contribution < 1.29 is 14.6 Å². The van der Waals surface area contributed by atoms with Gasteiger partial charge in [0.15, 0.2) is 5.60 Å². The molecule has 1 aliphatic carbocycles. The van der Waals surface area contributed by atoms with E-state index >= 15 is 0 Å². The van der Waals surface area contributed by atoms with Gasteiger partial charge in [-0.25, -0.2) is 4.79 Å². The van der Waals surface area contributed by atoms with Crippen LogP contribution in [0.25, 0.3) is 0 Å². The highest BCUT2D eigenvalue weighted by Gasteiger charge is 2.42. The van der Waals surface area contributed by atoms with Crippen molar-refractivity contribution in [3.05, 3.63) is 35.9 Å². The van der Waals surface area contributed by atoms with E-state index in [-0.39, 0.29) is 0 Å². The standard InChI is InChI=1S/C15H20O3/c1-2-18-15(14(16)17)10-8-13(9-11-15)12-6-4-3-5-7-12/h3-7,13H,2,8-11H2,1H3,(H,16,17). The molecule has 1 aromatic rings. The van der Waals surface area contributed by atoms with Crippen molar-refractivity contribution >= 4 is 5.97 Å². The molecule has 18 heavy (non-hydrogen) atoms. The molecule has 0 heterocycles. The van der Waals surface area contributed by atoms with Gasteiger partial charge in [0.05, 0.1) is 0 Å². The van der Waals surface area contributed by atoms with E-state index in [9.17, 15) is 9.90 Å². The summed E-state index contributed by atoms with van der Waals surface area (Å²) in [6.45, 7) is 2.32. The largest absolute Gasteiger partial charge is 0.479 e. The summed E-state index contributed by atoms with van der Waals surface area (Å²) in [5, 5.41) is 9.35. The number of carboxylic acids is 1. The molecule has 98 valence electrons. The molecule has 0 radical (unpaired) electrons. The van der Waals surface area contributed by atoms with Crippen molar-refractivity contribution in [1.82, 2.24) is 0 Å². The van der Waals surface area contributed by atoms with Crippen molar-refractivity contribution in [2.45, 2.75) is 44.1 Å². The Balaban J connectivity index is 2.05. The van der Waals surface area contributed by atoms with E-state index in [0.29, 0.717) is 25.4 Å². The lowest BCUT2D eigenvalue weighted by Crippen LogP contribution is -2.44. The summed E-state index contributed by atoms with van der Waals surface area (Å²) < 4.78 is 5.52. The van der Waals surface area contributed by atoms with Crippen molar-refractivity contribution in [3.8, 4) is 0 Å². The van der Waals surface area contributed by atoms with Gasteiger partial charge in [0.25, 0.3) is 0 Å². The molecule has 0 aliphatic heterocycles. The Kier molecular flexibility index (Phi) is 4.02. The summed E-state index contributed by atoms with van der Waals surface area (Å²) in [5.74, 6) is -0.338. The van der Waals surface area contributed by atoms with E-state index in [4.69, 9.17) is 4.74 Å². The van der Waals surface area contributed by atoms with Gasteiger partial charge >= 0.3 is 5.97 Å². The third-order valence-corrected chi connectivity index (χ3v) is 3.87. The number of carbonyl (C=O) groups is 1. The molecule has 1 saturated carbocycles. The second-order valence-electron chi connectivity index (χ2n) is 4.92. The van der Waals surface area contributed by atoms with Crippen LogP contribution < -0.4 is 0 Å². The van der Waals surface area contributed by atoms with Gasteiger partial charge in [0, 0.05) is 6.61 Å². The van der Waals surface area contributed by atoms with Crippen LogP contribution in [0.2, 0.25) is 0 Å². The average molecular weight is 248 g/mol. The summed E-state index contributed by atoms with van der Waals surface area (Å²) in [4.78, 5) is 11.4. The number of benzene rings is 1. The van der Waals surface area contributed by atoms with Crippen LogP contribution in [-0.2, 0) is 9.53 Å². The smallest absolute Gasteiger partial charge is 0.335 e. The second kappa shape index (κ2) is 5.53. The van der Waals surface area contributed by atoms with Crippen molar-refractivity contribution in [2.24, 2.45) is 0 Å². The Labute approximate surface area is 108 Å². The summed E-state index contributed by atoms with van der Waals surface area (Å²) >= 11 is 0. The third kappa shape index (κ3) is 2.56. The molecular formula is C15H20O3. The van der Waals surface area contributed by atoms with E-state index in [1.54, 1.807) is 0 Å². The van der Waals surface area contributed by atoms with Crippen LogP contribution in [0.3, 0.4) is 0 Å². The number of aliphatic carboxylic acids is 1. The molecule has 0 amide bonds. The lowest BCUT2D eigenvalue weighted by molar-refractivity contribution is -0.170. The van der Waals surface area contributed by atoms with Gasteiger partial charge < -0.3 is 9.84 Å². The fourth-order valence-electron chi connectivity index (χ4n) is 2.84. The van der Waals surface area contributed by atoms with Gasteiger partial charge in [-0.15, -0.1) is 0 Å². The maximum atomic E-state index is 11.4. The van der Waals surface area contributed by atoms with Crippen LogP contribution in [0.15, 0.2) is 30.3 Å². The van der Waals surface area contributed by atoms with Gasteiger partial charge in [0.2, 0.25) is 0 Å². The molecule has 0 bridgehead atoms. The van der Waals surface area contributed by atoms with Crippen LogP contribution in [0, 0.1) is 0 Å². The van der Waals surface area contributed by atoms with Crippen molar-refractivity contribution in [3.63, 3.8) is 0 Å². The third-order valence-electron chi connectivity index (χ3n) is 3.87. The van der Waals surface area contributed by atoms with Crippen LogP contribution >= 0.6 is 0 Å². The first-order chi connectivity index (χ1) is 8.68. The van der Waals surface area contributed by atoms with Crippen LogP contribution in [0.1, 0.15) is 44.1 Å². The van der Waals surface area contributed by atoms with E-state index in [2.05, 4.69) is 12.1 Å². The summed E-state index contributed by atoms with van der Waals surface area (Å²) in [6, 6.07) is 10.3. The second-order valence-corrected chi connectivity index (χ2v) is 4.92. The minimum atomic E-state index is -0.944. The first-order valence-corrected chi connectivity index (χ1v) is 6.60. The van der Waals surface area contributed by atoms with Gasteiger partial charge in [-0.2, -0.15) is 0 Å². The molecule has 1 aliphatic rings. The number of ether oxygens (including phenoxy) is 1. The lowest BCUT2D eigenvalue weighted by Gasteiger charge is -2.36. The van der Waals surface area contributed by atoms with Crippen LogP contribution in [0.4, 0.5) is 0 Å². The van der Waals surface area contributed by atoms with Gasteiger partial charge in [-0.05, 0) is 44.1 Å². The van der Waals surface area contributed by atoms with E-state index < -0.39 is 11.6 Å². The summed E-state index contributed by atoms with van der Waals surface area (Å²) in [5.41, 5.74) is 0.369. The summed E-state index contributed by atoms with van der Waals surface area (Å²) in [6.07, 6.45) is 2.98. The Morgan fingerprint density at radius 2 is 1.94 bits per heavy atom. The van der Waals surface area contributed by atoms with E-state index in [1.165, 1.54) is 5.56 Å². The molecule has 0 atom stereocenters. The van der Waals surface area contributed by atoms with E-state index in [1.807, 2.05) is 25.1 Å². The average Bonchev–Trinajstić information content (AvgIpc) is 2.41. The Bertz CT molecular complexity index is 391. The van der Waals surface area contributed by atoms with Gasteiger partial charge in [0.1, 0.15) is 0 Å². The predicted octanol–water partition coefficient (Wildman–Crippen LogP) is 3.20. The van der Waals surface area contributed by atoms with Gasteiger partial charge in [-0.1, -0.05) is 30.3 Å². The quantitative estimate of drug-likeness (QED) is 0.890. The molecule has 0 spiro atoms. The number of hydrogen-bond acceptors (Lipinski definition) is 2. The predicted molar refractivity (Wildman–Crippen MR) is 69.6 cm³/mol. The molecule has 0 saturated heterocycles.